The molecule has 1 aliphatic heterocycles. The molecule has 0 bridgehead atoms. The Morgan fingerprint density at radius 2 is 1.60 bits per heavy atom. The molecule has 0 saturated heterocycles. The molecule has 1 aliphatic rings. The molecule has 0 radical (unpaired) electrons. The summed E-state index contributed by atoms with van der Waals surface area (Å²) >= 11 is 0. The Morgan fingerprint density at radius 3 is 2.16 bits per heavy atom. The van der Waals surface area contributed by atoms with E-state index in [1.54, 1.807) is 26.0 Å². The number of fused-ring (bicyclic) bond motifs is 1. The van der Waals surface area contributed by atoms with Crippen molar-refractivity contribution < 1.29 is 29.2 Å². The van der Waals surface area contributed by atoms with Gasteiger partial charge >= 0.3 is 0 Å². The van der Waals surface area contributed by atoms with Gasteiger partial charge in [0.05, 0.1) is 14.2 Å². The summed E-state index contributed by atoms with van der Waals surface area (Å²) in [6, 6.07) is 6.18. The van der Waals surface area contributed by atoms with Crippen molar-refractivity contribution in [3.63, 3.8) is 0 Å². The van der Waals surface area contributed by atoms with Crippen LogP contribution in [-0.4, -0.2) is 36.3 Å². The summed E-state index contributed by atoms with van der Waals surface area (Å²) < 4.78 is 16.8. The van der Waals surface area contributed by atoms with Gasteiger partial charge in [-0.05, 0) is 31.5 Å². The predicted octanol–water partition coefficient (Wildman–Crippen LogP) is 2.70. The van der Waals surface area contributed by atoms with Gasteiger partial charge in [0.15, 0.2) is 12.2 Å². The van der Waals surface area contributed by atoms with Gasteiger partial charge in [0.1, 0.15) is 28.6 Å². The van der Waals surface area contributed by atoms with E-state index < -0.39 is 18.0 Å². The molecule has 25 heavy (non-hydrogen) atoms. The highest BCUT2D eigenvalue weighted by molar-refractivity contribution is 6.06. The van der Waals surface area contributed by atoms with E-state index in [-0.39, 0.29) is 11.3 Å². The van der Waals surface area contributed by atoms with Gasteiger partial charge in [-0.2, -0.15) is 0 Å². The molecule has 6 heteroatoms. The van der Waals surface area contributed by atoms with Crippen molar-refractivity contribution >= 4 is 5.78 Å². The quantitative estimate of drug-likeness (QED) is 0.890. The largest absolute Gasteiger partial charge is 0.508 e. The number of rotatable bonds is 3. The topological polar surface area (TPSA) is 85.2 Å². The minimum atomic E-state index is -1.38. The molecule has 3 rings (SSSR count). The molecule has 1 heterocycles. The van der Waals surface area contributed by atoms with Gasteiger partial charge in [0, 0.05) is 11.1 Å². The second-order valence-corrected chi connectivity index (χ2v) is 5.96. The number of carbonyl (C=O) groups is 1. The summed E-state index contributed by atoms with van der Waals surface area (Å²) in [5, 5.41) is 20.0. The van der Waals surface area contributed by atoms with E-state index in [1.807, 2.05) is 0 Å². The molecular weight excluding hydrogens is 324 g/mol. The first kappa shape index (κ1) is 17.1. The van der Waals surface area contributed by atoms with E-state index in [9.17, 15) is 15.0 Å². The van der Waals surface area contributed by atoms with Gasteiger partial charge in [-0.1, -0.05) is 12.1 Å². The lowest BCUT2D eigenvalue weighted by Crippen LogP contribution is -2.37. The fourth-order valence-corrected chi connectivity index (χ4v) is 3.29. The number of phenols is 1. The maximum atomic E-state index is 12.9. The number of ketones is 1. The number of Topliss-reactive ketones (excluding diaryl/α,β-unsaturated/α-hetero) is 1. The van der Waals surface area contributed by atoms with Crippen LogP contribution in [0.5, 0.6) is 23.0 Å². The van der Waals surface area contributed by atoms with E-state index in [2.05, 4.69) is 0 Å². The number of aliphatic hydroxyl groups is 1. The molecule has 0 saturated carbocycles. The van der Waals surface area contributed by atoms with Crippen molar-refractivity contribution in [1.82, 2.24) is 0 Å². The van der Waals surface area contributed by atoms with Gasteiger partial charge in [0.2, 0.25) is 5.78 Å². The SMILES string of the molecule is COc1c(C)c(OC)c2c(c1C)O[C@H](c1ccc(O)cc1)[C@@H](O)C2=O. The van der Waals surface area contributed by atoms with Crippen LogP contribution >= 0.6 is 0 Å². The Morgan fingerprint density at radius 1 is 1.00 bits per heavy atom. The molecule has 6 nitrogen and oxygen atoms in total. The number of hydrogen-bond donors (Lipinski definition) is 2. The predicted molar refractivity (Wildman–Crippen MR) is 90.8 cm³/mol. The van der Waals surface area contributed by atoms with Crippen molar-refractivity contribution in [1.29, 1.82) is 0 Å². The normalized spacial score (nSPS) is 19.2. The number of aromatic hydroxyl groups is 1. The van der Waals surface area contributed by atoms with E-state index in [0.29, 0.717) is 33.9 Å². The summed E-state index contributed by atoms with van der Waals surface area (Å²) in [6.07, 6.45) is -2.26. The minimum absolute atomic E-state index is 0.0934. The van der Waals surface area contributed by atoms with E-state index >= 15 is 0 Å². The first-order valence-corrected chi connectivity index (χ1v) is 7.83. The molecule has 0 fully saturated rings. The smallest absolute Gasteiger partial charge is 0.202 e. The zero-order chi connectivity index (χ0) is 18.3. The van der Waals surface area contributed by atoms with Crippen molar-refractivity contribution in [2.24, 2.45) is 0 Å². The average molecular weight is 344 g/mol. The highest BCUT2D eigenvalue weighted by Crippen LogP contribution is 2.48. The molecule has 0 spiro atoms. The van der Waals surface area contributed by atoms with Crippen LogP contribution in [0.1, 0.15) is 33.2 Å². The molecule has 2 aromatic rings. The van der Waals surface area contributed by atoms with Gasteiger partial charge in [-0.15, -0.1) is 0 Å². The van der Waals surface area contributed by atoms with Crippen molar-refractivity contribution in [3.05, 3.63) is 46.5 Å². The third-order valence-corrected chi connectivity index (χ3v) is 4.49. The van der Waals surface area contributed by atoms with Crippen LogP contribution in [0, 0.1) is 13.8 Å². The highest BCUT2D eigenvalue weighted by atomic mass is 16.5. The lowest BCUT2D eigenvalue weighted by atomic mass is 9.89. The second kappa shape index (κ2) is 6.29. The molecule has 2 atom stereocenters. The van der Waals surface area contributed by atoms with Crippen molar-refractivity contribution in [2.75, 3.05) is 14.2 Å². The number of hydrogen-bond acceptors (Lipinski definition) is 6. The Balaban J connectivity index is 2.19. The summed E-state index contributed by atoms with van der Waals surface area (Å²) in [7, 11) is 3.00. The first-order valence-electron chi connectivity index (χ1n) is 7.83. The average Bonchev–Trinajstić information content (AvgIpc) is 2.60. The monoisotopic (exact) mass is 344 g/mol. The van der Waals surface area contributed by atoms with Crippen LogP contribution in [0.3, 0.4) is 0 Å². The maximum Gasteiger partial charge on any atom is 0.202 e. The van der Waals surface area contributed by atoms with E-state index in [4.69, 9.17) is 14.2 Å². The third-order valence-electron chi connectivity index (χ3n) is 4.49. The molecule has 0 unspecified atom stereocenters. The van der Waals surface area contributed by atoms with Gasteiger partial charge in [0.25, 0.3) is 0 Å². The number of benzene rings is 2. The van der Waals surface area contributed by atoms with Crippen LogP contribution in [-0.2, 0) is 0 Å². The Kier molecular flexibility index (Phi) is 4.30. The Bertz CT molecular complexity index is 825. The van der Waals surface area contributed by atoms with Gasteiger partial charge in [-0.3, -0.25) is 4.79 Å². The molecular formula is C19H20O6. The summed E-state index contributed by atoms with van der Waals surface area (Å²) in [5.41, 5.74) is 2.15. The number of aliphatic hydroxyl groups excluding tert-OH is 1. The van der Waals surface area contributed by atoms with E-state index in [1.165, 1.54) is 26.4 Å². The fraction of sp³-hybridized carbons (Fsp3) is 0.316. The summed E-state index contributed by atoms with van der Waals surface area (Å²) in [5.74, 6) is 0.878. The molecule has 132 valence electrons. The summed E-state index contributed by atoms with van der Waals surface area (Å²) in [6.45, 7) is 3.58. The lowest BCUT2D eigenvalue weighted by Gasteiger charge is -2.33. The minimum Gasteiger partial charge on any atom is -0.508 e. The van der Waals surface area contributed by atoms with Crippen LogP contribution in [0.15, 0.2) is 24.3 Å². The van der Waals surface area contributed by atoms with Crippen LogP contribution in [0.4, 0.5) is 0 Å². The number of carbonyl (C=O) groups excluding carboxylic acids is 1. The maximum absolute atomic E-state index is 12.9. The number of ether oxygens (including phenoxy) is 3. The number of methoxy groups -OCH3 is 2. The zero-order valence-corrected chi connectivity index (χ0v) is 14.5. The van der Waals surface area contributed by atoms with Crippen molar-refractivity contribution in [3.8, 4) is 23.0 Å². The zero-order valence-electron chi connectivity index (χ0n) is 14.5. The van der Waals surface area contributed by atoms with Crippen LogP contribution < -0.4 is 14.2 Å². The molecule has 2 N–H and O–H groups in total. The van der Waals surface area contributed by atoms with Gasteiger partial charge < -0.3 is 24.4 Å². The summed E-state index contributed by atoms with van der Waals surface area (Å²) in [4.78, 5) is 12.9. The number of phenolic OH excluding ortho intramolecular Hbond substituents is 1. The second-order valence-electron chi connectivity index (χ2n) is 5.96. The standard InChI is InChI=1S/C19H20O6/c1-9-16(23-3)10(2)18-13(17(9)24-4)14(21)15(22)19(25-18)11-5-7-12(20)8-6-11/h5-8,15,19-20,22H,1-4H3/t15-,19+/m0/s1. The van der Waals surface area contributed by atoms with E-state index in [0.717, 1.165) is 0 Å². The van der Waals surface area contributed by atoms with Crippen LogP contribution in [0.2, 0.25) is 0 Å². The Hall–Kier alpha value is -2.73. The van der Waals surface area contributed by atoms with Crippen LogP contribution in [0.25, 0.3) is 0 Å². The Labute approximate surface area is 145 Å². The first-order chi connectivity index (χ1) is 11.9. The third kappa shape index (κ3) is 2.59. The molecule has 0 aromatic heterocycles. The highest BCUT2D eigenvalue weighted by Gasteiger charge is 2.41. The fourth-order valence-electron chi connectivity index (χ4n) is 3.29. The molecule has 0 amide bonds. The lowest BCUT2D eigenvalue weighted by molar-refractivity contribution is 0.0206. The molecule has 2 aromatic carbocycles. The van der Waals surface area contributed by atoms with Crippen molar-refractivity contribution in [2.45, 2.75) is 26.1 Å². The molecule has 0 aliphatic carbocycles. The van der Waals surface area contributed by atoms with Gasteiger partial charge in [-0.25, -0.2) is 0 Å².